The van der Waals surface area contributed by atoms with Gasteiger partial charge < -0.3 is 19.8 Å². The standard InChI is InChI=1S/C16H20ClNO2.C4H4O4/c17-14-6-4-12(5-7-14)15-10-13(16(19)20-15)11-18-8-2-1-3-9-18;5-3(6)1-2-4(7)8/h4-7,13,15H,1-3,8-11H2;1-2H,(H,5,6)(H,7,8)/b;2-1+. The van der Waals surface area contributed by atoms with Gasteiger partial charge in [-0.2, -0.15) is 0 Å². The Morgan fingerprint density at radius 2 is 1.64 bits per heavy atom. The van der Waals surface area contributed by atoms with Crippen LogP contribution in [0.15, 0.2) is 36.4 Å². The number of piperidine rings is 1. The molecule has 1 aromatic carbocycles. The Bertz CT molecular complexity index is 696. The van der Waals surface area contributed by atoms with E-state index in [2.05, 4.69) is 4.90 Å². The van der Waals surface area contributed by atoms with Crippen molar-refractivity contribution in [3.63, 3.8) is 0 Å². The molecular weight excluding hydrogens is 386 g/mol. The lowest BCUT2D eigenvalue weighted by atomic mass is 9.99. The fourth-order valence-electron chi connectivity index (χ4n) is 3.27. The number of cyclic esters (lactones) is 1. The number of hydrogen-bond donors (Lipinski definition) is 2. The number of likely N-dealkylation sites (tertiary alicyclic amines) is 1. The van der Waals surface area contributed by atoms with Crippen LogP contribution >= 0.6 is 11.6 Å². The minimum absolute atomic E-state index is 0.0220. The zero-order valence-electron chi connectivity index (χ0n) is 15.4. The maximum atomic E-state index is 12.0. The van der Waals surface area contributed by atoms with Crippen molar-refractivity contribution in [1.29, 1.82) is 0 Å². The molecule has 0 spiro atoms. The van der Waals surface area contributed by atoms with E-state index in [1.165, 1.54) is 19.3 Å². The van der Waals surface area contributed by atoms with E-state index in [1.54, 1.807) is 0 Å². The molecule has 0 aliphatic carbocycles. The second-order valence-electron chi connectivity index (χ2n) is 6.78. The molecule has 0 aromatic heterocycles. The molecule has 2 aliphatic rings. The second kappa shape index (κ2) is 10.8. The Morgan fingerprint density at radius 1 is 1.07 bits per heavy atom. The molecule has 0 saturated carbocycles. The van der Waals surface area contributed by atoms with Crippen LogP contribution in [0.4, 0.5) is 0 Å². The Balaban J connectivity index is 0.000000300. The van der Waals surface area contributed by atoms with Crippen molar-refractivity contribution >= 4 is 29.5 Å². The zero-order chi connectivity index (χ0) is 20.5. The number of ether oxygens (including phenoxy) is 1. The van der Waals surface area contributed by atoms with Gasteiger partial charge in [-0.1, -0.05) is 30.2 Å². The lowest BCUT2D eigenvalue weighted by molar-refractivity contribution is -0.145. The molecular formula is C20H24ClNO6. The van der Waals surface area contributed by atoms with Crippen LogP contribution in [0.3, 0.4) is 0 Å². The number of carboxylic acids is 2. The van der Waals surface area contributed by atoms with E-state index in [4.69, 9.17) is 26.6 Å². The first-order valence-corrected chi connectivity index (χ1v) is 9.55. The molecule has 2 saturated heterocycles. The van der Waals surface area contributed by atoms with E-state index >= 15 is 0 Å². The van der Waals surface area contributed by atoms with Crippen molar-refractivity contribution in [2.45, 2.75) is 31.8 Å². The first-order chi connectivity index (χ1) is 13.3. The molecule has 2 atom stereocenters. The third-order valence-electron chi connectivity index (χ3n) is 4.63. The van der Waals surface area contributed by atoms with Gasteiger partial charge in [0.05, 0.1) is 5.92 Å². The summed E-state index contributed by atoms with van der Waals surface area (Å²) in [6.07, 6.45) is 5.63. The topological polar surface area (TPSA) is 104 Å². The number of benzene rings is 1. The third kappa shape index (κ3) is 7.32. The maximum absolute atomic E-state index is 12.0. The highest BCUT2D eigenvalue weighted by Gasteiger charge is 2.36. The summed E-state index contributed by atoms with van der Waals surface area (Å²) in [5.41, 5.74) is 1.05. The maximum Gasteiger partial charge on any atom is 0.328 e. The third-order valence-corrected chi connectivity index (χ3v) is 4.88. The molecule has 2 aliphatic heterocycles. The Morgan fingerprint density at radius 3 is 2.18 bits per heavy atom. The van der Waals surface area contributed by atoms with Gasteiger partial charge in [0.1, 0.15) is 6.10 Å². The second-order valence-corrected chi connectivity index (χ2v) is 7.22. The number of nitrogens with zero attached hydrogens (tertiary/aromatic N) is 1. The number of rotatable bonds is 5. The van der Waals surface area contributed by atoms with Crippen LogP contribution in [0.2, 0.25) is 5.02 Å². The van der Waals surface area contributed by atoms with Gasteiger partial charge >= 0.3 is 17.9 Å². The van der Waals surface area contributed by atoms with Crippen LogP contribution < -0.4 is 0 Å². The summed E-state index contributed by atoms with van der Waals surface area (Å²) in [5.74, 6) is -2.54. The first-order valence-electron chi connectivity index (χ1n) is 9.17. The quantitative estimate of drug-likeness (QED) is 0.568. The van der Waals surface area contributed by atoms with Gasteiger partial charge in [-0.15, -0.1) is 0 Å². The molecule has 2 heterocycles. The molecule has 0 radical (unpaired) electrons. The minimum Gasteiger partial charge on any atom is -0.478 e. The van der Waals surface area contributed by atoms with Gasteiger partial charge in [0.2, 0.25) is 0 Å². The normalized spacial score (nSPS) is 22.4. The van der Waals surface area contributed by atoms with Gasteiger partial charge in [-0.05, 0) is 43.6 Å². The highest BCUT2D eigenvalue weighted by molar-refractivity contribution is 6.30. The van der Waals surface area contributed by atoms with E-state index < -0.39 is 11.9 Å². The molecule has 2 fully saturated rings. The van der Waals surface area contributed by atoms with Crippen molar-refractivity contribution in [3.8, 4) is 0 Å². The van der Waals surface area contributed by atoms with Gasteiger partial charge in [0.25, 0.3) is 0 Å². The number of hydrogen-bond acceptors (Lipinski definition) is 5. The average molecular weight is 410 g/mol. The average Bonchev–Trinajstić information content (AvgIpc) is 3.02. The monoisotopic (exact) mass is 409 g/mol. The van der Waals surface area contributed by atoms with E-state index in [-0.39, 0.29) is 18.0 Å². The Hall–Kier alpha value is -2.38. The van der Waals surface area contributed by atoms with E-state index in [0.29, 0.717) is 17.2 Å². The molecule has 8 heteroatoms. The van der Waals surface area contributed by atoms with Crippen molar-refractivity contribution in [2.24, 2.45) is 5.92 Å². The van der Waals surface area contributed by atoms with Gasteiger partial charge in [0, 0.05) is 30.1 Å². The lowest BCUT2D eigenvalue weighted by Crippen LogP contribution is -2.35. The number of esters is 1. The van der Waals surface area contributed by atoms with Crippen LogP contribution in [-0.4, -0.2) is 52.7 Å². The summed E-state index contributed by atoms with van der Waals surface area (Å²) < 4.78 is 5.53. The molecule has 0 bridgehead atoms. The predicted molar refractivity (Wildman–Crippen MR) is 103 cm³/mol. The smallest absolute Gasteiger partial charge is 0.328 e. The van der Waals surface area contributed by atoms with Crippen molar-refractivity contribution < 1.29 is 29.3 Å². The van der Waals surface area contributed by atoms with Gasteiger partial charge in [0.15, 0.2) is 0 Å². The Kier molecular flexibility index (Phi) is 8.47. The van der Waals surface area contributed by atoms with Gasteiger partial charge in [-0.3, -0.25) is 4.79 Å². The van der Waals surface area contributed by atoms with Crippen LogP contribution in [0.5, 0.6) is 0 Å². The fourth-order valence-corrected chi connectivity index (χ4v) is 3.39. The minimum atomic E-state index is -1.26. The van der Waals surface area contributed by atoms with Crippen molar-refractivity contribution in [1.82, 2.24) is 4.90 Å². The van der Waals surface area contributed by atoms with Gasteiger partial charge in [-0.25, -0.2) is 9.59 Å². The van der Waals surface area contributed by atoms with E-state index in [9.17, 15) is 14.4 Å². The Labute approximate surface area is 168 Å². The van der Waals surface area contributed by atoms with E-state index in [1.807, 2.05) is 24.3 Å². The summed E-state index contributed by atoms with van der Waals surface area (Å²) in [6.45, 7) is 3.09. The largest absolute Gasteiger partial charge is 0.478 e. The van der Waals surface area contributed by atoms with Crippen LogP contribution in [0.1, 0.15) is 37.4 Å². The number of aliphatic carboxylic acids is 2. The highest BCUT2D eigenvalue weighted by atomic mass is 35.5. The molecule has 0 amide bonds. The number of carboxylic acid groups (broad SMARTS) is 2. The zero-order valence-corrected chi connectivity index (χ0v) is 16.2. The highest BCUT2D eigenvalue weighted by Crippen LogP contribution is 2.34. The summed E-state index contributed by atoms with van der Waals surface area (Å²) >= 11 is 5.89. The summed E-state index contributed by atoms with van der Waals surface area (Å²) in [6, 6.07) is 7.60. The fraction of sp³-hybridized carbons (Fsp3) is 0.450. The molecule has 2 unspecified atom stereocenters. The molecule has 28 heavy (non-hydrogen) atoms. The molecule has 3 rings (SSSR count). The van der Waals surface area contributed by atoms with Crippen molar-refractivity contribution in [3.05, 3.63) is 47.0 Å². The van der Waals surface area contributed by atoms with Crippen LogP contribution in [0.25, 0.3) is 0 Å². The first kappa shape index (κ1) is 21.9. The summed E-state index contributed by atoms with van der Waals surface area (Å²) in [5, 5.41) is 16.3. The molecule has 7 nitrogen and oxygen atoms in total. The van der Waals surface area contributed by atoms with Crippen LogP contribution in [-0.2, 0) is 19.1 Å². The number of carbonyl (C=O) groups excluding carboxylic acids is 1. The summed E-state index contributed by atoms with van der Waals surface area (Å²) in [4.78, 5) is 33.5. The summed E-state index contributed by atoms with van der Waals surface area (Å²) in [7, 11) is 0. The predicted octanol–water partition coefficient (Wildman–Crippen LogP) is 3.14. The number of halogens is 1. The van der Waals surface area contributed by atoms with E-state index in [0.717, 1.165) is 31.6 Å². The van der Waals surface area contributed by atoms with Crippen LogP contribution in [0, 0.1) is 5.92 Å². The number of carbonyl (C=O) groups is 3. The molecule has 152 valence electrons. The SMILES string of the molecule is O=C(O)/C=C/C(=O)O.O=C1OC(c2ccc(Cl)cc2)CC1CN1CCCCC1. The molecule has 1 aromatic rings. The molecule has 2 N–H and O–H groups in total. The van der Waals surface area contributed by atoms with Crippen molar-refractivity contribution in [2.75, 3.05) is 19.6 Å². The lowest BCUT2D eigenvalue weighted by Gasteiger charge is -2.27.